The van der Waals surface area contributed by atoms with E-state index in [0.717, 1.165) is 22.0 Å². The van der Waals surface area contributed by atoms with Gasteiger partial charge in [0.25, 0.3) is 0 Å². The van der Waals surface area contributed by atoms with Crippen LogP contribution in [0, 0.1) is 12.8 Å². The first-order valence-corrected chi connectivity index (χ1v) is 7.59. The van der Waals surface area contributed by atoms with Crippen molar-refractivity contribution in [2.75, 3.05) is 5.75 Å². The first-order valence-electron chi connectivity index (χ1n) is 6.60. The van der Waals surface area contributed by atoms with Crippen LogP contribution in [0.5, 0.6) is 0 Å². The average Bonchev–Trinajstić information content (AvgIpc) is 2.72. The number of fused-ring (bicyclic) bond motifs is 1. The molecule has 0 fully saturated rings. The first kappa shape index (κ1) is 14.8. The molecule has 0 amide bonds. The van der Waals surface area contributed by atoms with Crippen LogP contribution >= 0.6 is 11.8 Å². The maximum atomic E-state index is 10.8. The Bertz CT molecular complexity index is 637. The summed E-state index contributed by atoms with van der Waals surface area (Å²) in [6.07, 6.45) is 0. The van der Waals surface area contributed by atoms with Crippen LogP contribution in [0.3, 0.4) is 0 Å². The van der Waals surface area contributed by atoms with Crippen molar-refractivity contribution in [1.82, 2.24) is 14.5 Å². The Labute approximate surface area is 122 Å². The van der Waals surface area contributed by atoms with Crippen molar-refractivity contribution in [3.8, 4) is 0 Å². The van der Waals surface area contributed by atoms with Gasteiger partial charge < -0.3 is 9.67 Å². The van der Waals surface area contributed by atoms with Gasteiger partial charge in [0.05, 0.1) is 5.75 Å². The molecule has 0 aliphatic rings. The molecular formula is C14H19N3O2S. The summed E-state index contributed by atoms with van der Waals surface area (Å²) in [7, 11) is 0. The summed E-state index contributed by atoms with van der Waals surface area (Å²) in [5, 5.41) is 9.58. The molecule has 2 aromatic rings. The number of pyridine rings is 1. The summed E-state index contributed by atoms with van der Waals surface area (Å²) in [6, 6.07) is 4.07. The van der Waals surface area contributed by atoms with E-state index in [1.165, 1.54) is 11.8 Å². The lowest BCUT2D eigenvalue weighted by Crippen LogP contribution is -2.14. The van der Waals surface area contributed by atoms with Crippen molar-refractivity contribution >= 4 is 28.9 Å². The van der Waals surface area contributed by atoms with Crippen LogP contribution in [0.2, 0.25) is 0 Å². The highest BCUT2D eigenvalue weighted by Gasteiger charge is 2.20. The molecule has 20 heavy (non-hydrogen) atoms. The van der Waals surface area contributed by atoms with Gasteiger partial charge in [-0.2, -0.15) is 0 Å². The fraction of sp³-hybridized carbons (Fsp3) is 0.500. The highest BCUT2D eigenvalue weighted by Crippen LogP contribution is 2.30. The van der Waals surface area contributed by atoms with Crippen molar-refractivity contribution in [2.24, 2.45) is 5.92 Å². The zero-order valence-corrected chi connectivity index (χ0v) is 12.9. The first-order chi connectivity index (χ1) is 9.40. The van der Waals surface area contributed by atoms with Gasteiger partial charge in [-0.05, 0) is 31.9 Å². The van der Waals surface area contributed by atoms with Crippen LogP contribution in [0.1, 0.15) is 32.5 Å². The van der Waals surface area contributed by atoms with E-state index in [9.17, 15) is 4.79 Å². The van der Waals surface area contributed by atoms with Crippen molar-refractivity contribution < 1.29 is 9.90 Å². The molecule has 1 atom stereocenters. The molecule has 0 aromatic carbocycles. The van der Waals surface area contributed by atoms with Crippen LogP contribution in [-0.4, -0.2) is 31.4 Å². The van der Waals surface area contributed by atoms with Gasteiger partial charge in [-0.1, -0.05) is 25.6 Å². The van der Waals surface area contributed by atoms with Gasteiger partial charge >= 0.3 is 5.97 Å². The lowest BCUT2D eigenvalue weighted by molar-refractivity contribution is -0.133. The maximum absolute atomic E-state index is 10.8. The molecule has 108 valence electrons. The number of rotatable bonds is 5. The van der Waals surface area contributed by atoms with Gasteiger partial charge in [0.1, 0.15) is 5.52 Å². The highest BCUT2D eigenvalue weighted by molar-refractivity contribution is 7.99. The molecular weight excluding hydrogens is 274 g/mol. The summed E-state index contributed by atoms with van der Waals surface area (Å²) in [4.78, 5) is 19.9. The summed E-state index contributed by atoms with van der Waals surface area (Å²) < 4.78 is 2.06. The quantitative estimate of drug-likeness (QED) is 0.858. The Morgan fingerprint density at radius 1 is 1.35 bits per heavy atom. The molecule has 0 aliphatic carbocycles. The van der Waals surface area contributed by atoms with Gasteiger partial charge in [-0.15, -0.1) is 0 Å². The lowest BCUT2D eigenvalue weighted by atomic mass is 10.1. The number of nitrogens with zero attached hydrogens (tertiary/aromatic N) is 3. The Morgan fingerprint density at radius 3 is 2.65 bits per heavy atom. The van der Waals surface area contributed by atoms with Crippen LogP contribution in [0.25, 0.3) is 11.2 Å². The third kappa shape index (κ3) is 2.95. The second-order valence-corrected chi connectivity index (χ2v) is 6.17. The number of hydrogen-bond acceptors (Lipinski definition) is 4. The summed E-state index contributed by atoms with van der Waals surface area (Å²) in [5.74, 6) is -0.415. The predicted molar refractivity (Wildman–Crippen MR) is 80.2 cm³/mol. The minimum atomic E-state index is -0.838. The standard InChI is InChI=1S/C14H19N3O2S/c1-8(2)10(4)17-13-11(6-5-9(3)15-13)16-14(17)20-7-12(18)19/h5-6,8,10H,7H2,1-4H3,(H,18,19). The number of carbonyl (C=O) groups is 1. The van der Waals surface area contributed by atoms with Crippen molar-refractivity contribution in [1.29, 1.82) is 0 Å². The molecule has 2 heterocycles. The number of carboxylic acid groups (broad SMARTS) is 1. The molecule has 0 spiro atoms. The monoisotopic (exact) mass is 293 g/mol. The zero-order valence-electron chi connectivity index (χ0n) is 12.1. The van der Waals surface area contributed by atoms with Crippen LogP contribution in [-0.2, 0) is 4.79 Å². The van der Waals surface area contributed by atoms with E-state index >= 15 is 0 Å². The Hall–Kier alpha value is -1.56. The number of hydrogen-bond donors (Lipinski definition) is 1. The zero-order chi connectivity index (χ0) is 14.9. The number of aromatic nitrogens is 3. The fourth-order valence-corrected chi connectivity index (χ4v) is 2.75. The third-order valence-electron chi connectivity index (χ3n) is 3.34. The maximum Gasteiger partial charge on any atom is 0.313 e. The van der Waals surface area contributed by atoms with E-state index in [2.05, 4.69) is 35.3 Å². The van der Waals surface area contributed by atoms with Gasteiger partial charge in [0, 0.05) is 11.7 Å². The number of thioether (sulfide) groups is 1. The highest BCUT2D eigenvalue weighted by atomic mass is 32.2. The lowest BCUT2D eigenvalue weighted by Gasteiger charge is -2.20. The molecule has 0 saturated carbocycles. The van der Waals surface area contributed by atoms with E-state index < -0.39 is 5.97 Å². The molecule has 1 unspecified atom stereocenters. The third-order valence-corrected chi connectivity index (χ3v) is 4.28. The molecule has 2 aromatic heterocycles. The molecule has 5 nitrogen and oxygen atoms in total. The minimum absolute atomic E-state index is 0.00706. The van der Waals surface area contributed by atoms with Crippen LogP contribution in [0.4, 0.5) is 0 Å². The van der Waals surface area contributed by atoms with Gasteiger partial charge in [0.15, 0.2) is 10.8 Å². The molecule has 2 rings (SSSR count). The van der Waals surface area contributed by atoms with E-state index in [0.29, 0.717) is 5.92 Å². The topological polar surface area (TPSA) is 68.0 Å². The molecule has 0 aliphatic heterocycles. The van der Waals surface area contributed by atoms with E-state index in [1.54, 1.807) is 0 Å². The Kier molecular flexibility index (Phi) is 4.32. The summed E-state index contributed by atoms with van der Waals surface area (Å²) >= 11 is 1.24. The molecule has 1 N–H and O–H groups in total. The Balaban J connectivity index is 2.54. The SMILES string of the molecule is Cc1ccc2nc(SCC(=O)O)n(C(C)C(C)C)c2n1. The summed E-state index contributed by atoms with van der Waals surface area (Å²) in [5.41, 5.74) is 2.58. The normalized spacial score (nSPS) is 13.1. The van der Waals surface area contributed by atoms with Crippen molar-refractivity contribution in [3.05, 3.63) is 17.8 Å². The largest absolute Gasteiger partial charge is 0.481 e. The van der Waals surface area contributed by atoms with Crippen molar-refractivity contribution in [2.45, 2.75) is 38.9 Å². The molecule has 0 radical (unpaired) electrons. The average molecular weight is 293 g/mol. The van der Waals surface area contributed by atoms with E-state index in [1.807, 2.05) is 19.1 Å². The number of imidazole rings is 1. The van der Waals surface area contributed by atoms with Crippen molar-refractivity contribution in [3.63, 3.8) is 0 Å². The number of carboxylic acids is 1. The number of aryl methyl sites for hydroxylation is 1. The minimum Gasteiger partial charge on any atom is -0.481 e. The van der Waals surface area contributed by atoms with Crippen LogP contribution in [0.15, 0.2) is 17.3 Å². The smallest absolute Gasteiger partial charge is 0.313 e. The second kappa shape index (κ2) is 5.83. The fourth-order valence-electron chi connectivity index (χ4n) is 1.94. The number of aliphatic carboxylic acids is 1. The predicted octanol–water partition coefficient (Wildman–Crippen LogP) is 3.13. The second-order valence-electron chi connectivity index (χ2n) is 5.23. The van der Waals surface area contributed by atoms with Gasteiger partial charge in [-0.3, -0.25) is 4.79 Å². The molecule has 6 heteroatoms. The van der Waals surface area contributed by atoms with E-state index in [4.69, 9.17) is 5.11 Å². The van der Waals surface area contributed by atoms with E-state index in [-0.39, 0.29) is 11.8 Å². The van der Waals surface area contributed by atoms with Crippen LogP contribution < -0.4 is 0 Å². The molecule has 0 saturated heterocycles. The van der Waals surface area contributed by atoms with Gasteiger partial charge in [0.2, 0.25) is 0 Å². The summed E-state index contributed by atoms with van der Waals surface area (Å²) in [6.45, 7) is 8.33. The van der Waals surface area contributed by atoms with Gasteiger partial charge in [-0.25, -0.2) is 9.97 Å². The molecule has 0 bridgehead atoms. The Morgan fingerprint density at radius 2 is 2.05 bits per heavy atom.